The number of ether oxygens (including phenoxy) is 1. The Bertz CT molecular complexity index is 1230. The first-order valence-electron chi connectivity index (χ1n) is 11.6. The third-order valence-electron chi connectivity index (χ3n) is 6.51. The van der Waals surface area contributed by atoms with Crippen molar-refractivity contribution in [3.63, 3.8) is 0 Å². The molecule has 2 heterocycles. The highest BCUT2D eigenvalue weighted by atomic mass is 16.5. The van der Waals surface area contributed by atoms with Crippen molar-refractivity contribution in [2.45, 2.75) is 31.3 Å². The molecule has 0 radical (unpaired) electrons. The molecule has 1 saturated heterocycles. The monoisotopic (exact) mass is 475 g/mol. The van der Waals surface area contributed by atoms with Gasteiger partial charge < -0.3 is 20.1 Å². The molecule has 35 heavy (non-hydrogen) atoms. The molecule has 0 spiro atoms. The van der Waals surface area contributed by atoms with Gasteiger partial charge in [-0.15, -0.1) is 5.10 Å². The van der Waals surface area contributed by atoms with Gasteiger partial charge >= 0.3 is 12.1 Å². The number of carbonyl (C=O) groups excluding carboxylic acids is 2. The van der Waals surface area contributed by atoms with Crippen LogP contribution in [0, 0.1) is 0 Å². The highest BCUT2D eigenvalue weighted by molar-refractivity contribution is 5.95. The summed E-state index contributed by atoms with van der Waals surface area (Å²) in [6.45, 7) is 1.12. The van der Waals surface area contributed by atoms with Gasteiger partial charge in [-0.1, -0.05) is 53.7 Å². The molecule has 1 aliphatic heterocycles. The maximum Gasteiger partial charge on any atom is 0.407 e. The van der Waals surface area contributed by atoms with Gasteiger partial charge in [0.2, 0.25) is 0 Å². The number of nitrogens with zero attached hydrogens (tertiary/aromatic N) is 4. The number of carbonyl (C=O) groups is 3. The van der Waals surface area contributed by atoms with Crippen molar-refractivity contribution in [3.05, 3.63) is 71.5 Å². The second kappa shape index (κ2) is 9.57. The summed E-state index contributed by atoms with van der Waals surface area (Å²) in [4.78, 5) is 37.5. The van der Waals surface area contributed by atoms with Crippen molar-refractivity contribution in [1.29, 1.82) is 0 Å². The summed E-state index contributed by atoms with van der Waals surface area (Å²) in [6, 6.07) is 15.4. The Labute approximate surface area is 201 Å². The molecule has 1 fully saturated rings. The zero-order valence-corrected chi connectivity index (χ0v) is 19.0. The highest BCUT2D eigenvalue weighted by Crippen LogP contribution is 2.44. The van der Waals surface area contributed by atoms with E-state index in [4.69, 9.17) is 4.74 Å². The van der Waals surface area contributed by atoms with E-state index in [0.29, 0.717) is 19.4 Å². The number of amides is 2. The number of carboxylic acids is 1. The van der Waals surface area contributed by atoms with Gasteiger partial charge in [-0.05, 0) is 35.1 Å². The topological polar surface area (TPSA) is 127 Å². The van der Waals surface area contributed by atoms with E-state index in [1.165, 1.54) is 15.8 Å². The number of hydrogen-bond donors (Lipinski definition) is 2. The van der Waals surface area contributed by atoms with Crippen LogP contribution in [-0.2, 0) is 16.1 Å². The van der Waals surface area contributed by atoms with E-state index in [1.54, 1.807) is 0 Å². The standard InChI is InChI=1S/C25H25N5O5/c31-23(30-12-5-10-22(30)24(32)33)21-14-29(28-27-21)13-11-26-25(34)35-15-20-18-8-3-1-6-16(18)17-7-2-4-9-19(17)20/h1-4,6-9,14,20,22H,5,10-13,15H2,(H,26,34)(H,32,33). The molecular formula is C25H25N5O5. The fourth-order valence-corrected chi connectivity index (χ4v) is 4.84. The molecule has 5 rings (SSSR count). The third-order valence-corrected chi connectivity index (χ3v) is 6.51. The van der Waals surface area contributed by atoms with Crippen LogP contribution in [0.1, 0.15) is 40.4 Å². The first-order chi connectivity index (χ1) is 17.0. The predicted octanol–water partition coefficient (Wildman–Crippen LogP) is 2.51. The maximum atomic E-state index is 12.6. The van der Waals surface area contributed by atoms with Gasteiger partial charge in [-0.2, -0.15) is 0 Å². The van der Waals surface area contributed by atoms with E-state index in [9.17, 15) is 19.5 Å². The molecule has 10 nitrogen and oxygen atoms in total. The molecule has 1 unspecified atom stereocenters. The molecule has 2 aromatic carbocycles. The van der Waals surface area contributed by atoms with Crippen LogP contribution < -0.4 is 5.32 Å². The molecule has 1 atom stereocenters. The lowest BCUT2D eigenvalue weighted by Gasteiger charge is -2.19. The molecule has 0 saturated carbocycles. The van der Waals surface area contributed by atoms with Gasteiger partial charge in [0.15, 0.2) is 5.69 Å². The van der Waals surface area contributed by atoms with E-state index >= 15 is 0 Å². The van der Waals surface area contributed by atoms with Gasteiger partial charge in [0.05, 0.1) is 12.7 Å². The molecule has 2 amide bonds. The van der Waals surface area contributed by atoms with Crippen molar-refractivity contribution >= 4 is 18.0 Å². The second-order valence-corrected chi connectivity index (χ2v) is 8.61. The van der Waals surface area contributed by atoms with Crippen LogP contribution in [0.3, 0.4) is 0 Å². The molecule has 2 aliphatic rings. The number of fused-ring (bicyclic) bond motifs is 3. The number of hydrogen-bond acceptors (Lipinski definition) is 6. The number of aliphatic carboxylic acids is 1. The lowest BCUT2D eigenvalue weighted by molar-refractivity contribution is -0.141. The summed E-state index contributed by atoms with van der Waals surface area (Å²) in [7, 11) is 0. The zero-order valence-electron chi connectivity index (χ0n) is 19.0. The van der Waals surface area contributed by atoms with Gasteiger partial charge in [-0.25, -0.2) is 14.3 Å². The number of nitrogens with one attached hydrogen (secondary N) is 1. The minimum absolute atomic E-state index is 0.0164. The van der Waals surface area contributed by atoms with E-state index < -0.39 is 24.0 Å². The average molecular weight is 476 g/mol. The summed E-state index contributed by atoms with van der Waals surface area (Å²) in [5.74, 6) is -1.49. The smallest absolute Gasteiger partial charge is 0.407 e. The van der Waals surface area contributed by atoms with E-state index in [1.807, 2.05) is 24.3 Å². The predicted molar refractivity (Wildman–Crippen MR) is 125 cm³/mol. The van der Waals surface area contributed by atoms with Crippen molar-refractivity contribution in [2.75, 3.05) is 19.7 Å². The summed E-state index contributed by atoms with van der Waals surface area (Å²) in [5, 5.41) is 19.8. The molecule has 2 N–H and O–H groups in total. The number of alkyl carbamates (subject to hydrolysis) is 1. The number of aromatic nitrogens is 3. The minimum atomic E-state index is -1.02. The molecule has 3 aromatic rings. The lowest BCUT2D eigenvalue weighted by atomic mass is 9.98. The third kappa shape index (κ3) is 4.46. The van der Waals surface area contributed by atoms with Crippen LogP contribution in [0.4, 0.5) is 4.79 Å². The molecule has 1 aliphatic carbocycles. The van der Waals surface area contributed by atoms with Crippen LogP contribution in [0.15, 0.2) is 54.7 Å². The Kier molecular flexibility index (Phi) is 6.17. The maximum absolute atomic E-state index is 12.6. The van der Waals surface area contributed by atoms with Gasteiger partial charge in [0.25, 0.3) is 5.91 Å². The van der Waals surface area contributed by atoms with Crippen molar-refractivity contribution in [1.82, 2.24) is 25.2 Å². The molecular weight excluding hydrogens is 450 g/mol. The molecule has 0 bridgehead atoms. The summed E-state index contributed by atoms with van der Waals surface area (Å²) >= 11 is 0. The number of carboxylic acid groups (broad SMARTS) is 1. The van der Waals surface area contributed by atoms with Crippen molar-refractivity contribution in [2.24, 2.45) is 0 Å². The summed E-state index contributed by atoms with van der Waals surface area (Å²) in [6.07, 6.45) is 1.99. The van der Waals surface area contributed by atoms with Crippen LogP contribution >= 0.6 is 0 Å². The summed E-state index contributed by atoms with van der Waals surface area (Å²) in [5.41, 5.74) is 4.70. The average Bonchev–Trinajstić information content (AvgIpc) is 3.60. The first kappa shape index (κ1) is 22.6. The number of likely N-dealkylation sites (tertiary alicyclic amines) is 1. The Morgan fingerprint density at radius 2 is 1.74 bits per heavy atom. The van der Waals surface area contributed by atoms with Gasteiger partial charge in [0, 0.05) is 19.0 Å². The number of rotatable bonds is 7. The zero-order chi connectivity index (χ0) is 24.4. The van der Waals surface area contributed by atoms with E-state index in [0.717, 1.165) is 22.3 Å². The van der Waals surface area contributed by atoms with Crippen LogP contribution in [0.5, 0.6) is 0 Å². The van der Waals surface area contributed by atoms with E-state index in [-0.39, 0.29) is 31.3 Å². The SMILES string of the molecule is O=C(NCCn1cc(C(=O)N2CCCC2C(=O)O)nn1)OCC1c2ccccc2-c2ccccc21. The van der Waals surface area contributed by atoms with Crippen LogP contribution in [0.2, 0.25) is 0 Å². The van der Waals surface area contributed by atoms with Crippen LogP contribution in [-0.4, -0.2) is 68.7 Å². The Hall–Kier alpha value is -4.21. The molecule has 180 valence electrons. The molecule has 1 aromatic heterocycles. The van der Waals surface area contributed by atoms with Crippen molar-refractivity contribution < 1.29 is 24.2 Å². The fraction of sp³-hybridized carbons (Fsp3) is 0.320. The van der Waals surface area contributed by atoms with Gasteiger partial charge in [-0.3, -0.25) is 4.79 Å². The fourth-order valence-electron chi connectivity index (χ4n) is 4.84. The van der Waals surface area contributed by atoms with E-state index in [2.05, 4.69) is 39.9 Å². The first-order valence-corrected chi connectivity index (χ1v) is 11.6. The van der Waals surface area contributed by atoms with Crippen molar-refractivity contribution in [3.8, 4) is 11.1 Å². The Balaban J connectivity index is 1.12. The lowest BCUT2D eigenvalue weighted by Crippen LogP contribution is -2.40. The molecule has 10 heteroatoms. The van der Waals surface area contributed by atoms with Crippen LogP contribution in [0.25, 0.3) is 11.1 Å². The number of benzene rings is 2. The highest BCUT2D eigenvalue weighted by Gasteiger charge is 2.35. The summed E-state index contributed by atoms with van der Waals surface area (Å²) < 4.78 is 6.94. The second-order valence-electron chi connectivity index (χ2n) is 8.61. The quantitative estimate of drug-likeness (QED) is 0.538. The van der Waals surface area contributed by atoms with Gasteiger partial charge in [0.1, 0.15) is 12.6 Å². The minimum Gasteiger partial charge on any atom is -0.480 e. The largest absolute Gasteiger partial charge is 0.480 e. The Morgan fingerprint density at radius 1 is 1.06 bits per heavy atom. The Morgan fingerprint density at radius 3 is 2.43 bits per heavy atom. The normalized spacial score (nSPS) is 16.6.